The van der Waals surface area contributed by atoms with Gasteiger partial charge < -0.3 is 9.80 Å². The molecule has 2 fully saturated rings. The zero-order valence-electron chi connectivity index (χ0n) is 15.2. The minimum absolute atomic E-state index is 0.0142. The number of likely N-dealkylation sites (tertiary alicyclic amines) is 2. The quantitative estimate of drug-likeness (QED) is 0.851. The number of hydrogen-bond acceptors (Lipinski definition) is 3. The van der Waals surface area contributed by atoms with Crippen LogP contribution in [0.4, 0.5) is 0 Å². The van der Waals surface area contributed by atoms with Crippen LogP contribution in [-0.4, -0.2) is 57.6 Å². The van der Waals surface area contributed by atoms with E-state index >= 15 is 0 Å². The molecular formula is C20H26N4O2. The van der Waals surface area contributed by atoms with E-state index < -0.39 is 0 Å². The summed E-state index contributed by atoms with van der Waals surface area (Å²) in [5.41, 5.74) is 1.34. The Balaban J connectivity index is 1.60. The highest BCUT2D eigenvalue weighted by Crippen LogP contribution is 2.22. The van der Waals surface area contributed by atoms with Crippen molar-refractivity contribution in [3.63, 3.8) is 0 Å². The van der Waals surface area contributed by atoms with Crippen LogP contribution in [0.25, 0.3) is 10.9 Å². The highest BCUT2D eigenvalue weighted by molar-refractivity contribution is 6.05. The standard InChI is InChI=1S/C20H26N4O2/c25-18(22-11-5-1-2-6-12-22)15-24-17-10-4-3-9-16(17)19(21-24)20(26)23-13-7-8-14-23/h3-4,9-10H,1-2,5-8,11-15H2. The number of para-hydroxylation sites is 1. The molecule has 138 valence electrons. The smallest absolute Gasteiger partial charge is 0.275 e. The van der Waals surface area contributed by atoms with Crippen LogP contribution in [0.5, 0.6) is 0 Å². The van der Waals surface area contributed by atoms with Crippen molar-refractivity contribution in [3.05, 3.63) is 30.0 Å². The van der Waals surface area contributed by atoms with Crippen molar-refractivity contribution in [1.82, 2.24) is 19.6 Å². The molecule has 0 aliphatic carbocycles. The fourth-order valence-corrected chi connectivity index (χ4v) is 4.02. The van der Waals surface area contributed by atoms with Crippen LogP contribution in [0, 0.1) is 0 Å². The first-order chi connectivity index (χ1) is 12.7. The van der Waals surface area contributed by atoms with Crippen LogP contribution < -0.4 is 0 Å². The molecular weight excluding hydrogens is 328 g/mol. The summed E-state index contributed by atoms with van der Waals surface area (Å²) in [6.45, 7) is 3.46. The summed E-state index contributed by atoms with van der Waals surface area (Å²) >= 11 is 0. The monoisotopic (exact) mass is 354 g/mol. The Morgan fingerprint density at radius 1 is 0.846 bits per heavy atom. The number of carbonyl (C=O) groups excluding carboxylic acids is 2. The minimum Gasteiger partial charge on any atom is -0.341 e. The summed E-state index contributed by atoms with van der Waals surface area (Å²) in [7, 11) is 0. The lowest BCUT2D eigenvalue weighted by Crippen LogP contribution is -2.35. The molecule has 4 rings (SSSR count). The van der Waals surface area contributed by atoms with Crippen molar-refractivity contribution in [1.29, 1.82) is 0 Å². The SMILES string of the molecule is O=C(Cn1nc(C(=O)N2CCCC2)c2ccccc21)N1CCCCCC1. The van der Waals surface area contributed by atoms with Crippen molar-refractivity contribution in [2.24, 2.45) is 0 Å². The molecule has 0 bridgehead atoms. The Bertz CT molecular complexity index is 799. The van der Waals surface area contributed by atoms with Crippen LogP contribution in [0.15, 0.2) is 24.3 Å². The Kier molecular flexibility index (Phi) is 4.91. The van der Waals surface area contributed by atoms with Crippen molar-refractivity contribution in [2.75, 3.05) is 26.2 Å². The molecule has 1 aromatic heterocycles. The van der Waals surface area contributed by atoms with Gasteiger partial charge in [0.2, 0.25) is 5.91 Å². The summed E-state index contributed by atoms with van der Waals surface area (Å²) in [4.78, 5) is 29.5. The number of rotatable bonds is 3. The Labute approximate surface area is 153 Å². The van der Waals surface area contributed by atoms with E-state index in [4.69, 9.17) is 0 Å². The average molecular weight is 354 g/mol. The zero-order valence-corrected chi connectivity index (χ0v) is 15.2. The summed E-state index contributed by atoms with van der Waals surface area (Å²) in [5, 5.41) is 5.41. The van der Waals surface area contributed by atoms with Gasteiger partial charge in [0, 0.05) is 31.6 Å². The van der Waals surface area contributed by atoms with Gasteiger partial charge in [0.25, 0.3) is 5.91 Å². The molecule has 0 spiro atoms. The van der Waals surface area contributed by atoms with Crippen LogP contribution in [0.2, 0.25) is 0 Å². The lowest BCUT2D eigenvalue weighted by Gasteiger charge is -2.20. The molecule has 2 saturated heterocycles. The molecule has 0 saturated carbocycles. The molecule has 3 heterocycles. The molecule has 2 aliphatic rings. The first-order valence-electron chi connectivity index (χ1n) is 9.76. The third-order valence-electron chi connectivity index (χ3n) is 5.50. The van der Waals surface area contributed by atoms with Crippen molar-refractivity contribution in [2.45, 2.75) is 45.1 Å². The number of benzene rings is 1. The summed E-state index contributed by atoms with van der Waals surface area (Å²) in [6, 6.07) is 7.73. The maximum absolute atomic E-state index is 12.9. The zero-order chi connectivity index (χ0) is 17.9. The first-order valence-corrected chi connectivity index (χ1v) is 9.76. The predicted octanol–water partition coefficient (Wildman–Crippen LogP) is 2.67. The van der Waals surface area contributed by atoms with Crippen LogP contribution in [-0.2, 0) is 11.3 Å². The number of carbonyl (C=O) groups is 2. The van der Waals surface area contributed by atoms with Crippen LogP contribution >= 0.6 is 0 Å². The van der Waals surface area contributed by atoms with Gasteiger partial charge in [-0.1, -0.05) is 31.0 Å². The van der Waals surface area contributed by atoms with Crippen molar-refractivity contribution < 1.29 is 9.59 Å². The summed E-state index contributed by atoms with van der Waals surface area (Å²) in [6.07, 6.45) is 6.65. The maximum Gasteiger partial charge on any atom is 0.275 e. The fraction of sp³-hybridized carbons (Fsp3) is 0.550. The van der Waals surface area contributed by atoms with Gasteiger partial charge in [-0.25, -0.2) is 0 Å². The molecule has 26 heavy (non-hydrogen) atoms. The largest absolute Gasteiger partial charge is 0.341 e. The minimum atomic E-state index is -0.0142. The molecule has 1 aromatic carbocycles. The molecule has 0 atom stereocenters. The average Bonchev–Trinajstić information content (AvgIpc) is 3.23. The molecule has 0 unspecified atom stereocenters. The van der Waals surface area contributed by atoms with Crippen LogP contribution in [0.1, 0.15) is 49.0 Å². The molecule has 0 radical (unpaired) electrons. The highest BCUT2D eigenvalue weighted by atomic mass is 16.2. The summed E-state index contributed by atoms with van der Waals surface area (Å²) in [5.74, 6) is 0.0833. The lowest BCUT2D eigenvalue weighted by molar-refractivity contribution is -0.131. The second-order valence-electron chi connectivity index (χ2n) is 7.32. The number of fused-ring (bicyclic) bond motifs is 1. The van der Waals surface area contributed by atoms with Crippen LogP contribution in [0.3, 0.4) is 0 Å². The van der Waals surface area contributed by atoms with E-state index in [-0.39, 0.29) is 18.4 Å². The highest BCUT2D eigenvalue weighted by Gasteiger charge is 2.26. The van der Waals surface area contributed by atoms with Gasteiger partial charge in [-0.3, -0.25) is 14.3 Å². The summed E-state index contributed by atoms with van der Waals surface area (Å²) < 4.78 is 1.71. The molecule has 2 amide bonds. The number of amides is 2. The normalized spacial score (nSPS) is 18.3. The Morgan fingerprint density at radius 3 is 2.19 bits per heavy atom. The fourth-order valence-electron chi connectivity index (χ4n) is 4.02. The van der Waals surface area contributed by atoms with Gasteiger partial charge in [-0.15, -0.1) is 0 Å². The second-order valence-corrected chi connectivity index (χ2v) is 7.32. The first kappa shape index (κ1) is 17.1. The van der Waals surface area contributed by atoms with E-state index in [9.17, 15) is 9.59 Å². The van der Waals surface area contributed by atoms with Gasteiger partial charge in [-0.05, 0) is 31.7 Å². The van der Waals surface area contributed by atoms with Gasteiger partial charge in [0.15, 0.2) is 5.69 Å². The van der Waals surface area contributed by atoms with Gasteiger partial charge in [-0.2, -0.15) is 5.10 Å². The third-order valence-corrected chi connectivity index (χ3v) is 5.50. The number of nitrogens with zero attached hydrogens (tertiary/aromatic N) is 4. The molecule has 2 aromatic rings. The van der Waals surface area contributed by atoms with E-state index in [0.717, 1.165) is 62.8 Å². The van der Waals surface area contributed by atoms with Crippen molar-refractivity contribution >= 4 is 22.7 Å². The number of aromatic nitrogens is 2. The predicted molar refractivity (Wildman–Crippen MR) is 99.9 cm³/mol. The maximum atomic E-state index is 12.9. The molecule has 6 heteroatoms. The molecule has 0 N–H and O–H groups in total. The van der Waals surface area contributed by atoms with Crippen molar-refractivity contribution in [3.8, 4) is 0 Å². The molecule has 2 aliphatic heterocycles. The third kappa shape index (κ3) is 3.32. The topological polar surface area (TPSA) is 58.4 Å². The van der Waals surface area contributed by atoms with E-state index in [1.54, 1.807) is 4.68 Å². The second kappa shape index (κ2) is 7.48. The van der Waals surface area contributed by atoms with E-state index in [2.05, 4.69) is 5.10 Å². The van der Waals surface area contributed by atoms with E-state index in [0.29, 0.717) is 5.69 Å². The molecule has 6 nitrogen and oxygen atoms in total. The Morgan fingerprint density at radius 2 is 1.46 bits per heavy atom. The van der Waals surface area contributed by atoms with Gasteiger partial charge in [0.05, 0.1) is 5.52 Å². The Hall–Kier alpha value is -2.37. The van der Waals surface area contributed by atoms with Gasteiger partial charge in [0.1, 0.15) is 6.54 Å². The van der Waals surface area contributed by atoms with E-state index in [1.165, 1.54) is 12.8 Å². The number of hydrogen-bond donors (Lipinski definition) is 0. The van der Waals surface area contributed by atoms with E-state index in [1.807, 2.05) is 34.1 Å². The lowest BCUT2D eigenvalue weighted by atomic mass is 10.2. The van der Waals surface area contributed by atoms with Gasteiger partial charge >= 0.3 is 0 Å².